The number of carbonyl (C=O) groups excluding carboxylic acids is 2. The second-order valence-corrected chi connectivity index (χ2v) is 6.21. The maximum atomic E-state index is 12.2. The lowest BCUT2D eigenvalue weighted by atomic mass is 9.93. The number of halogens is 1. The first-order valence-corrected chi connectivity index (χ1v) is 8.55. The van der Waals surface area contributed by atoms with Gasteiger partial charge in [-0.2, -0.15) is 0 Å². The summed E-state index contributed by atoms with van der Waals surface area (Å²) in [4.78, 5) is 25.3. The fourth-order valence-electron chi connectivity index (χ4n) is 2.97. The van der Waals surface area contributed by atoms with E-state index >= 15 is 0 Å². The van der Waals surface area contributed by atoms with Crippen molar-refractivity contribution in [1.29, 1.82) is 0 Å². The van der Waals surface area contributed by atoms with E-state index in [0.717, 1.165) is 32.5 Å². The van der Waals surface area contributed by atoms with Crippen LogP contribution in [0.25, 0.3) is 0 Å². The van der Waals surface area contributed by atoms with Gasteiger partial charge >= 0.3 is 0 Å². The molecule has 0 unspecified atom stereocenters. The van der Waals surface area contributed by atoms with Crippen molar-refractivity contribution in [2.24, 2.45) is 11.7 Å². The molecule has 2 amide bonds. The maximum absolute atomic E-state index is 12.2. The number of nitrogens with two attached hydrogens (primary N) is 1. The molecule has 6 nitrogen and oxygen atoms in total. The first-order valence-electron chi connectivity index (χ1n) is 8.55. The third-order valence-electron chi connectivity index (χ3n) is 4.47. The Kier molecular flexibility index (Phi) is 9.31. The van der Waals surface area contributed by atoms with Gasteiger partial charge in [-0.3, -0.25) is 9.59 Å². The fraction of sp³-hybridized carbons (Fsp3) is 0.556. The normalized spacial score (nSPS) is 14.7. The quantitative estimate of drug-likeness (QED) is 0.732. The number of nitrogens with one attached hydrogen (secondary N) is 1. The number of rotatable bonds is 8. The van der Waals surface area contributed by atoms with Gasteiger partial charge in [-0.25, -0.2) is 0 Å². The summed E-state index contributed by atoms with van der Waals surface area (Å²) in [5, 5.41) is 3.18. The van der Waals surface area contributed by atoms with Crippen molar-refractivity contribution in [2.45, 2.75) is 25.7 Å². The second kappa shape index (κ2) is 10.9. The van der Waals surface area contributed by atoms with E-state index in [1.54, 1.807) is 24.3 Å². The van der Waals surface area contributed by atoms with Crippen LogP contribution in [0.2, 0.25) is 0 Å². The minimum atomic E-state index is -0.488. The van der Waals surface area contributed by atoms with Gasteiger partial charge in [0.05, 0.1) is 13.0 Å². The average molecular weight is 370 g/mol. The zero-order valence-electron chi connectivity index (χ0n) is 14.7. The van der Waals surface area contributed by atoms with Gasteiger partial charge in [0, 0.05) is 18.7 Å². The number of hydrogen-bond acceptors (Lipinski definition) is 4. The van der Waals surface area contributed by atoms with E-state index in [2.05, 4.69) is 5.32 Å². The molecule has 25 heavy (non-hydrogen) atoms. The second-order valence-electron chi connectivity index (χ2n) is 6.21. The average Bonchev–Trinajstić information content (AvgIpc) is 2.60. The van der Waals surface area contributed by atoms with Gasteiger partial charge in [0.2, 0.25) is 11.8 Å². The van der Waals surface area contributed by atoms with E-state index in [4.69, 9.17) is 10.5 Å². The van der Waals surface area contributed by atoms with Gasteiger partial charge in [-0.1, -0.05) is 6.07 Å². The molecule has 0 radical (unpaired) electrons. The first kappa shape index (κ1) is 21.3. The number of benzene rings is 1. The highest BCUT2D eigenvalue weighted by molar-refractivity contribution is 5.93. The summed E-state index contributed by atoms with van der Waals surface area (Å²) >= 11 is 0. The van der Waals surface area contributed by atoms with Crippen LogP contribution in [0.4, 0.5) is 0 Å². The first-order chi connectivity index (χ1) is 11.6. The number of hydrogen-bond donors (Lipinski definition) is 2. The van der Waals surface area contributed by atoms with E-state index in [1.165, 1.54) is 6.42 Å². The SMILES string of the molecule is CNCCC1CCN(C(=O)CCOc2cccc(C(N)=O)c2)CC1.Cl. The maximum Gasteiger partial charge on any atom is 0.248 e. The number of likely N-dealkylation sites (tertiary alicyclic amines) is 1. The van der Waals surface area contributed by atoms with Crippen molar-refractivity contribution in [3.63, 3.8) is 0 Å². The van der Waals surface area contributed by atoms with E-state index < -0.39 is 5.91 Å². The van der Waals surface area contributed by atoms with Crippen LogP contribution in [0.15, 0.2) is 24.3 Å². The van der Waals surface area contributed by atoms with Crippen LogP contribution < -0.4 is 15.8 Å². The summed E-state index contributed by atoms with van der Waals surface area (Å²) < 4.78 is 5.57. The highest BCUT2D eigenvalue weighted by atomic mass is 35.5. The molecule has 0 aliphatic carbocycles. The zero-order chi connectivity index (χ0) is 17.4. The van der Waals surface area contributed by atoms with Gasteiger partial charge < -0.3 is 20.7 Å². The van der Waals surface area contributed by atoms with Crippen LogP contribution in [0.3, 0.4) is 0 Å². The van der Waals surface area contributed by atoms with Crippen LogP contribution in [0, 0.1) is 5.92 Å². The Morgan fingerprint density at radius 1 is 1.32 bits per heavy atom. The van der Waals surface area contributed by atoms with Crippen LogP contribution in [-0.2, 0) is 4.79 Å². The predicted molar refractivity (Wildman–Crippen MR) is 100 cm³/mol. The highest BCUT2D eigenvalue weighted by Crippen LogP contribution is 2.20. The third-order valence-corrected chi connectivity index (χ3v) is 4.47. The van der Waals surface area contributed by atoms with Gasteiger partial charge in [-0.15, -0.1) is 12.4 Å². The molecule has 1 heterocycles. The largest absolute Gasteiger partial charge is 0.493 e. The number of carbonyl (C=O) groups is 2. The minimum Gasteiger partial charge on any atom is -0.493 e. The zero-order valence-corrected chi connectivity index (χ0v) is 15.5. The van der Waals surface area contributed by atoms with Crippen molar-refractivity contribution < 1.29 is 14.3 Å². The van der Waals surface area contributed by atoms with Crippen LogP contribution >= 0.6 is 12.4 Å². The van der Waals surface area contributed by atoms with Gasteiger partial charge in [0.15, 0.2) is 0 Å². The van der Waals surface area contributed by atoms with Crippen molar-refractivity contribution in [2.75, 3.05) is 33.3 Å². The number of amides is 2. The molecular weight excluding hydrogens is 342 g/mol. The van der Waals surface area contributed by atoms with Gasteiger partial charge in [0.1, 0.15) is 5.75 Å². The Hall–Kier alpha value is -1.79. The summed E-state index contributed by atoms with van der Waals surface area (Å²) in [6.45, 7) is 3.02. The van der Waals surface area contributed by atoms with Crippen molar-refractivity contribution in [3.8, 4) is 5.75 Å². The lowest BCUT2D eigenvalue weighted by molar-refractivity contribution is -0.133. The molecule has 3 N–H and O–H groups in total. The summed E-state index contributed by atoms with van der Waals surface area (Å²) in [6, 6.07) is 6.70. The molecule has 1 aliphatic heterocycles. The summed E-state index contributed by atoms with van der Waals surface area (Å²) in [7, 11) is 1.97. The van der Waals surface area contributed by atoms with Crippen LogP contribution in [0.5, 0.6) is 5.75 Å². The topological polar surface area (TPSA) is 84.7 Å². The Morgan fingerprint density at radius 3 is 2.68 bits per heavy atom. The molecule has 1 saturated heterocycles. The Morgan fingerprint density at radius 2 is 2.04 bits per heavy atom. The van der Waals surface area contributed by atoms with E-state index in [9.17, 15) is 9.59 Å². The number of nitrogens with zero attached hydrogens (tertiary/aromatic N) is 1. The smallest absolute Gasteiger partial charge is 0.248 e. The molecule has 0 aromatic heterocycles. The third kappa shape index (κ3) is 6.92. The minimum absolute atomic E-state index is 0. The van der Waals surface area contributed by atoms with E-state index in [-0.39, 0.29) is 18.3 Å². The van der Waals surface area contributed by atoms with Gasteiger partial charge in [0.25, 0.3) is 0 Å². The van der Waals surface area contributed by atoms with E-state index in [1.807, 2.05) is 11.9 Å². The van der Waals surface area contributed by atoms with Gasteiger partial charge in [-0.05, 0) is 57.0 Å². The van der Waals surface area contributed by atoms with Crippen LogP contribution in [0.1, 0.15) is 36.0 Å². The standard InChI is InChI=1S/C18H27N3O3.ClH/c1-20-9-5-14-6-10-21(11-7-14)17(22)8-12-24-16-4-2-3-15(13-16)18(19)23;/h2-4,13-14,20H,5-12H2,1H3,(H2,19,23);1H. The Labute approximate surface area is 155 Å². The number of ether oxygens (including phenoxy) is 1. The summed E-state index contributed by atoms with van der Waals surface area (Å²) in [5.74, 6) is 0.921. The lowest BCUT2D eigenvalue weighted by Gasteiger charge is -2.32. The molecule has 1 aliphatic rings. The van der Waals surface area contributed by atoms with Crippen LogP contribution in [-0.4, -0.2) is 50.0 Å². The lowest BCUT2D eigenvalue weighted by Crippen LogP contribution is -2.39. The Bertz CT molecular complexity index is 560. The molecule has 0 spiro atoms. The molecule has 1 aromatic rings. The molecule has 0 bridgehead atoms. The number of primary amides is 1. The van der Waals surface area contributed by atoms with Crippen molar-refractivity contribution in [1.82, 2.24) is 10.2 Å². The molecule has 0 saturated carbocycles. The Balaban J connectivity index is 0.00000312. The van der Waals surface area contributed by atoms with Crippen molar-refractivity contribution >= 4 is 24.2 Å². The molecule has 0 atom stereocenters. The van der Waals surface area contributed by atoms with E-state index in [0.29, 0.717) is 30.3 Å². The molecule has 1 aromatic carbocycles. The molecule has 1 fully saturated rings. The predicted octanol–water partition coefficient (Wildman–Crippen LogP) is 1.82. The molecule has 7 heteroatoms. The monoisotopic (exact) mass is 369 g/mol. The number of piperidine rings is 1. The summed E-state index contributed by atoms with van der Waals surface area (Å²) in [5.41, 5.74) is 5.64. The molecule has 140 valence electrons. The van der Waals surface area contributed by atoms with Crippen molar-refractivity contribution in [3.05, 3.63) is 29.8 Å². The highest BCUT2D eigenvalue weighted by Gasteiger charge is 2.22. The summed E-state index contributed by atoms with van der Waals surface area (Å²) in [6.07, 6.45) is 3.68. The fourth-order valence-corrected chi connectivity index (χ4v) is 2.97. The molecule has 2 rings (SSSR count). The molecular formula is C18H28ClN3O3.